The van der Waals surface area contributed by atoms with Gasteiger partial charge in [-0.1, -0.05) is 12.1 Å². The molecule has 1 aromatic heterocycles. The molecule has 0 bridgehead atoms. The van der Waals surface area contributed by atoms with Crippen molar-refractivity contribution in [3.8, 4) is 0 Å². The van der Waals surface area contributed by atoms with Gasteiger partial charge in [0.15, 0.2) is 0 Å². The van der Waals surface area contributed by atoms with Crippen molar-refractivity contribution in [2.24, 2.45) is 5.92 Å². The number of likely N-dealkylation sites (N-methyl/N-ethyl adjacent to an activating group) is 1. The van der Waals surface area contributed by atoms with Crippen LogP contribution in [-0.2, 0) is 22.6 Å². The molecule has 1 aliphatic rings. The molecule has 1 aliphatic carbocycles. The SMILES string of the molecule is CCN(CC)C(=O)Cn1c(CCCNC(=O)C2CC2)nc2ccccc21. The molecule has 0 atom stereocenters. The number of amides is 2. The van der Waals surface area contributed by atoms with Crippen molar-refractivity contribution < 1.29 is 9.59 Å². The van der Waals surface area contributed by atoms with E-state index in [0.29, 0.717) is 26.2 Å². The van der Waals surface area contributed by atoms with E-state index in [1.54, 1.807) is 0 Å². The lowest BCUT2D eigenvalue weighted by atomic mass is 10.2. The zero-order valence-corrected chi connectivity index (χ0v) is 15.7. The third-order valence-corrected chi connectivity index (χ3v) is 4.97. The number of benzene rings is 1. The van der Waals surface area contributed by atoms with Crippen LogP contribution in [0.25, 0.3) is 11.0 Å². The van der Waals surface area contributed by atoms with E-state index in [0.717, 1.165) is 42.5 Å². The summed E-state index contributed by atoms with van der Waals surface area (Å²) in [4.78, 5) is 30.9. The summed E-state index contributed by atoms with van der Waals surface area (Å²) in [5.74, 6) is 1.44. The van der Waals surface area contributed by atoms with Gasteiger partial charge in [-0.25, -0.2) is 4.98 Å². The normalized spacial score (nSPS) is 13.8. The van der Waals surface area contributed by atoms with Crippen molar-refractivity contribution in [2.45, 2.75) is 46.1 Å². The Morgan fingerprint density at radius 2 is 1.96 bits per heavy atom. The van der Waals surface area contributed by atoms with Crippen LogP contribution in [0, 0.1) is 5.92 Å². The lowest BCUT2D eigenvalue weighted by Crippen LogP contribution is -2.33. The van der Waals surface area contributed by atoms with Gasteiger partial charge in [0.25, 0.3) is 0 Å². The van der Waals surface area contributed by atoms with Crippen molar-refractivity contribution >= 4 is 22.8 Å². The van der Waals surface area contributed by atoms with E-state index in [-0.39, 0.29) is 17.7 Å². The van der Waals surface area contributed by atoms with Crippen LogP contribution in [0.15, 0.2) is 24.3 Å². The quantitative estimate of drug-likeness (QED) is 0.702. The van der Waals surface area contributed by atoms with Gasteiger partial charge in [0, 0.05) is 32.0 Å². The number of hydrogen-bond donors (Lipinski definition) is 1. The van der Waals surface area contributed by atoms with Gasteiger partial charge in [-0.15, -0.1) is 0 Å². The summed E-state index contributed by atoms with van der Waals surface area (Å²) < 4.78 is 2.03. The molecule has 3 rings (SSSR count). The van der Waals surface area contributed by atoms with Crippen LogP contribution in [0.3, 0.4) is 0 Å². The number of fused-ring (bicyclic) bond motifs is 1. The maximum absolute atomic E-state index is 12.6. The Hall–Kier alpha value is -2.37. The zero-order valence-electron chi connectivity index (χ0n) is 15.7. The monoisotopic (exact) mass is 356 g/mol. The predicted octanol–water partition coefficient (Wildman–Crippen LogP) is 2.36. The van der Waals surface area contributed by atoms with Crippen LogP contribution in [0.4, 0.5) is 0 Å². The number of rotatable bonds is 9. The van der Waals surface area contributed by atoms with Gasteiger partial charge < -0.3 is 14.8 Å². The van der Waals surface area contributed by atoms with E-state index < -0.39 is 0 Å². The van der Waals surface area contributed by atoms with E-state index in [1.807, 2.05) is 47.6 Å². The van der Waals surface area contributed by atoms with E-state index in [2.05, 4.69) is 5.32 Å². The fourth-order valence-corrected chi connectivity index (χ4v) is 3.25. The van der Waals surface area contributed by atoms with Crippen molar-refractivity contribution in [3.05, 3.63) is 30.1 Å². The molecule has 0 aliphatic heterocycles. The minimum Gasteiger partial charge on any atom is -0.356 e. The Morgan fingerprint density at radius 1 is 1.23 bits per heavy atom. The van der Waals surface area contributed by atoms with Gasteiger partial charge in [-0.2, -0.15) is 0 Å². The highest BCUT2D eigenvalue weighted by atomic mass is 16.2. The van der Waals surface area contributed by atoms with Gasteiger partial charge in [0.05, 0.1) is 11.0 Å². The summed E-state index contributed by atoms with van der Waals surface area (Å²) in [6.45, 7) is 6.39. The van der Waals surface area contributed by atoms with Gasteiger partial charge >= 0.3 is 0 Å². The summed E-state index contributed by atoms with van der Waals surface area (Å²) in [6, 6.07) is 7.93. The third kappa shape index (κ3) is 4.23. The van der Waals surface area contributed by atoms with Crippen molar-refractivity contribution in [3.63, 3.8) is 0 Å². The maximum Gasteiger partial charge on any atom is 0.242 e. The van der Waals surface area contributed by atoms with Crippen molar-refractivity contribution in [1.82, 2.24) is 19.8 Å². The van der Waals surface area contributed by atoms with Gasteiger partial charge in [-0.05, 0) is 45.2 Å². The fourth-order valence-electron chi connectivity index (χ4n) is 3.25. The number of para-hydroxylation sites is 2. The summed E-state index contributed by atoms with van der Waals surface area (Å²) >= 11 is 0. The van der Waals surface area contributed by atoms with Crippen LogP contribution >= 0.6 is 0 Å². The average Bonchev–Trinajstić information content (AvgIpc) is 3.44. The number of hydrogen-bond acceptors (Lipinski definition) is 3. The third-order valence-electron chi connectivity index (χ3n) is 4.97. The maximum atomic E-state index is 12.6. The van der Waals surface area contributed by atoms with Crippen LogP contribution in [0.1, 0.15) is 38.9 Å². The fraction of sp³-hybridized carbons (Fsp3) is 0.550. The summed E-state index contributed by atoms with van der Waals surface area (Å²) in [5.41, 5.74) is 1.90. The minimum atomic E-state index is 0.112. The highest BCUT2D eigenvalue weighted by Crippen LogP contribution is 2.28. The molecule has 140 valence electrons. The van der Waals surface area contributed by atoms with Gasteiger partial charge in [-0.3, -0.25) is 9.59 Å². The van der Waals surface area contributed by atoms with Crippen LogP contribution < -0.4 is 5.32 Å². The molecular weight excluding hydrogens is 328 g/mol. The first kappa shape index (κ1) is 18.4. The van der Waals surface area contributed by atoms with E-state index in [4.69, 9.17) is 4.98 Å². The van der Waals surface area contributed by atoms with Gasteiger partial charge in [0.2, 0.25) is 11.8 Å². The lowest BCUT2D eigenvalue weighted by molar-refractivity contribution is -0.131. The largest absolute Gasteiger partial charge is 0.356 e. The number of carbonyl (C=O) groups is 2. The van der Waals surface area contributed by atoms with E-state index in [1.165, 1.54) is 0 Å². The highest BCUT2D eigenvalue weighted by molar-refractivity contribution is 5.81. The second-order valence-corrected chi connectivity index (χ2v) is 6.84. The second-order valence-electron chi connectivity index (χ2n) is 6.84. The number of aryl methyl sites for hydroxylation is 1. The Morgan fingerprint density at radius 3 is 2.65 bits per heavy atom. The first-order valence-corrected chi connectivity index (χ1v) is 9.63. The van der Waals surface area contributed by atoms with Gasteiger partial charge in [0.1, 0.15) is 12.4 Å². The van der Waals surface area contributed by atoms with Crippen molar-refractivity contribution in [1.29, 1.82) is 0 Å². The van der Waals surface area contributed by atoms with E-state index >= 15 is 0 Å². The molecule has 0 radical (unpaired) electrons. The molecule has 1 fully saturated rings. The molecule has 1 aromatic carbocycles. The number of nitrogens with one attached hydrogen (secondary N) is 1. The number of imidazole rings is 1. The first-order valence-electron chi connectivity index (χ1n) is 9.63. The topological polar surface area (TPSA) is 67.2 Å². The number of aromatic nitrogens is 2. The molecule has 2 amide bonds. The number of carbonyl (C=O) groups excluding carboxylic acids is 2. The number of nitrogens with zero attached hydrogens (tertiary/aromatic N) is 3. The van der Waals surface area contributed by atoms with Crippen molar-refractivity contribution in [2.75, 3.05) is 19.6 Å². The van der Waals surface area contributed by atoms with Crippen LogP contribution in [0.5, 0.6) is 0 Å². The Labute approximate surface area is 154 Å². The molecule has 6 heteroatoms. The molecular formula is C20H28N4O2. The lowest BCUT2D eigenvalue weighted by Gasteiger charge is -2.20. The molecule has 1 saturated carbocycles. The Bertz CT molecular complexity index is 775. The molecule has 6 nitrogen and oxygen atoms in total. The molecule has 1 N–H and O–H groups in total. The second kappa shape index (κ2) is 8.34. The first-order chi connectivity index (χ1) is 12.6. The Kier molecular flexibility index (Phi) is 5.91. The average molecular weight is 356 g/mol. The van der Waals surface area contributed by atoms with Crippen LogP contribution in [-0.4, -0.2) is 45.9 Å². The van der Waals surface area contributed by atoms with Crippen LogP contribution in [0.2, 0.25) is 0 Å². The smallest absolute Gasteiger partial charge is 0.242 e. The predicted molar refractivity (Wildman–Crippen MR) is 102 cm³/mol. The molecule has 1 heterocycles. The van der Waals surface area contributed by atoms with E-state index in [9.17, 15) is 9.59 Å². The molecule has 0 saturated heterocycles. The molecule has 0 unspecified atom stereocenters. The molecule has 26 heavy (non-hydrogen) atoms. The highest BCUT2D eigenvalue weighted by Gasteiger charge is 2.29. The molecule has 2 aromatic rings. The summed E-state index contributed by atoms with van der Waals surface area (Å²) in [5, 5.41) is 2.99. The molecule has 0 spiro atoms. The summed E-state index contributed by atoms with van der Waals surface area (Å²) in [6.07, 6.45) is 3.61. The zero-order chi connectivity index (χ0) is 18.5. The standard InChI is InChI=1S/C20H28N4O2/c1-3-23(4-2)19(25)14-24-17-9-6-5-8-16(17)22-18(24)10-7-13-21-20(26)15-11-12-15/h5-6,8-9,15H,3-4,7,10-14H2,1-2H3,(H,21,26). The minimum absolute atomic E-state index is 0.112. The Balaban J connectivity index is 1.69. The summed E-state index contributed by atoms with van der Waals surface area (Å²) in [7, 11) is 0.